The maximum atomic E-state index is 11.8. The van der Waals surface area contributed by atoms with Crippen molar-refractivity contribution in [3.05, 3.63) is 64.6 Å². The van der Waals surface area contributed by atoms with Crippen LogP contribution < -0.4 is 5.43 Å². The van der Waals surface area contributed by atoms with E-state index in [1.165, 1.54) is 6.21 Å². The molecule has 0 spiro atoms. The minimum atomic E-state index is -0.349. The van der Waals surface area contributed by atoms with Crippen molar-refractivity contribution in [1.29, 1.82) is 0 Å². The Kier molecular flexibility index (Phi) is 4.74. The molecule has 0 aliphatic heterocycles. The van der Waals surface area contributed by atoms with Crippen molar-refractivity contribution in [2.75, 3.05) is 0 Å². The zero-order valence-electron chi connectivity index (χ0n) is 10.8. The average Bonchev–Trinajstić information content (AvgIpc) is 2.91. The van der Waals surface area contributed by atoms with E-state index in [4.69, 9.17) is 16.0 Å². The van der Waals surface area contributed by atoms with Crippen LogP contribution >= 0.6 is 11.6 Å². The van der Waals surface area contributed by atoms with Crippen molar-refractivity contribution < 1.29 is 9.21 Å². The number of rotatable bonds is 4. The molecule has 0 unspecified atom stereocenters. The Bertz CT molecular complexity index is 646. The van der Waals surface area contributed by atoms with Crippen LogP contribution in [0.25, 0.3) is 6.08 Å². The zero-order chi connectivity index (χ0) is 14.4. The van der Waals surface area contributed by atoms with Gasteiger partial charge in [0.15, 0.2) is 0 Å². The highest BCUT2D eigenvalue weighted by atomic mass is 35.5. The smallest absolute Gasteiger partial charge is 0.272 e. The molecular weight excluding hydrogens is 276 g/mol. The number of nitrogens with one attached hydrogen (secondary N) is 1. The highest BCUT2D eigenvalue weighted by Gasteiger charge is 2.08. The summed E-state index contributed by atoms with van der Waals surface area (Å²) in [5.74, 6) is 0.363. The molecule has 1 heterocycles. The number of hydrazone groups is 1. The Morgan fingerprint density at radius 2 is 2.25 bits per heavy atom. The number of allylic oxidation sites excluding steroid dienone is 1. The van der Waals surface area contributed by atoms with Crippen LogP contribution in [-0.4, -0.2) is 12.1 Å². The van der Waals surface area contributed by atoms with Crippen LogP contribution in [0.3, 0.4) is 0 Å². The molecule has 0 aliphatic rings. The fraction of sp³-hybridized carbons (Fsp3) is 0.0667. The largest absolute Gasteiger partial charge is 0.465 e. The van der Waals surface area contributed by atoms with Crippen LogP contribution in [0.2, 0.25) is 5.02 Å². The first-order chi connectivity index (χ1) is 9.66. The zero-order valence-corrected chi connectivity index (χ0v) is 11.6. The van der Waals surface area contributed by atoms with Gasteiger partial charge in [0.1, 0.15) is 5.76 Å². The topological polar surface area (TPSA) is 54.6 Å². The summed E-state index contributed by atoms with van der Waals surface area (Å²) in [6, 6.07) is 8.83. The number of furan rings is 1. The van der Waals surface area contributed by atoms with E-state index in [1.807, 2.05) is 19.1 Å². The summed E-state index contributed by atoms with van der Waals surface area (Å²) < 4.78 is 5.10. The first-order valence-corrected chi connectivity index (χ1v) is 6.34. The van der Waals surface area contributed by atoms with Crippen molar-refractivity contribution in [3.8, 4) is 0 Å². The number of nitrogens with zero attached hydrogens (tertiary/aromatic N) is 1. The average molecular weight is 289 g/mol. The van der Waals surface area contributed by atoms with Gasteiger partial charge in [-0.05, 0) is 48.9 Å². The van der Waals surface area contributed by atoms with Crippen molar-refractivity contribution in [2.45, 2.75) is 6.92 Å². The number of carbonyl (C=O) groups is 1. The van der Waals surface area contributed by atoms with Crippen LogP contribution in [-0.2, 0) is 0 Å². The predicted octanol–water partition coefficient (Wildman–Crippen LogP) is 3.67. The fourth-order valence-electron chi connectivity index (χ4n) is 1.53. The number of amides is 1. The molecule has 1 N–H and O–H groups in total. The van der Waals surface area contributed by atoms with E-state index in [-0.39, 0.29) is 5.91 Å². The van der Waals surface area contributed by atoms with Gasteiger partial charge in [-0.1, -0.05) is 17.7 Å². The molecular formula is C15H13ClN2O2. The lowest BCUT2D eigenvalue weighted by Crippen LogP contribution is -2.17. The molecule has 1 aromatic heterocycles. The Balaban J connectivity index is 1.92. The molecule has 0 bridgehead atoms. The second-order valence-electron chi connectivity index (χ2n) is 4.08. The van der Waals surface area contributed by atoms with Crippen LogP contribution in [0, 0.1) is 6.92 Å². The molecule has 2 aromatic rings. The van der Waals surface area contributed by atoms with Gasteiger partial charge in [0.2, 0.25) is 0 Å². The lowest BCUT2D eigenvalue weighted by molar-refractivity contribution is 0.0955. The SMILES string of the molecule is Cc1ccc(C(=O)NN=CC=Cc2ccco2)c(Cl)c1. The summed E-state index contributed by atoms with van der Waals surface area (Å²) in [7, 11) is 0. The quantitative estimate of drug-likeness (QED) is 0.689. The van der Waals surface area contributed by atoms with Crippen molar-refractivity contribution in [1.82, 2.24) is 5.43 Å². The molecule has 102 valence electrons. The van der Waals surface area contributed by atoms with Gasteiger partial charge in [-0.2, -0.15) is 5.10 Å². The summed E-state index contributed by atoms with van der Waals surface area (Å²) in [6.07, 6.45) is 6.44. The third-order valence-corrected chi connectivity index (χ3v) is 2.81. The summed E-state index contributed by atoms with van der Waals surface area (Å²) in [5, 5.41) is 4.21. The Hall–Kier alpha value is -2.33. The molecule has 0 radical (unpaired) electrons. The molecule has 20 heavy (non-hydrogen) atoms. The van der Waals surface area contributed by atoms with Gasteiger partial charge in [0, 0.05) is 6.21 Å². The van der Waals surface area contributed by atoms with Gasteiger partial charge in [0.05, 0.1) is 16.8 Å². The van der Waals surface area contributed by atoms with Crippen molar-refractivity contribution >= 4 is 29.8 Å². The van der Waals surface area contributed by atoms with E-state index in [9.17, 15) is 4.79 Å². The van der Waals surface area contributed by atoms with E-state index in [0.29, 0.717) is 16.3 Å². The maximum absolute atomic E-state index is 11.8. The van der Waals surface area contributed by atoms with Crippen molar-refractivity contribution in [3.63, 3.8) is 0 Å². The molecule has 0 saturated heterocycles. The number of halogens is 1. The third kappa shape index (κ3) is 3.83. The Labute approximate surface area is 121 Å². The van der Waals surface area contributed by atoms with E-state index in [0.717, 1.165) is 5.56 Å². The van der Waals surface area contributed by atoms with Crippen LogP contribution in [0.5, 0.6) is 0 Å². The number of hydrogen-bond acceptors (Lipinski definition) is 3. The first kappa shape index (κ1) is 14.1. The molecule has 0 fully saturated rings. The Morgan fingerprint density at radius 1 is 1.40 bits per heavy atom. The van der Waals surface area contributed by atoms with Gasteiger partial charge >= 0.3 is 0 Å². The monoisotopic (exact) mass is 288 g/mol. The normalized spacial score (nSPS) is 11.3. The highest BCUT2D eigenvalue weighted by molar-refractivity contribution is 6.33. The summed E-state index contributed by atoms with van der Waals surface area (Å²) in [4.78, 5) is 11.8. The fourth-order valence-corrected chi connectivity index (χ4v) is 1.85. The third-order valence-electron chi connectivity index (χ3n) is 2.50. The van der Waals surface area contributed by atoms with Gasteiger partial charge in [-0.15, -0.1) is 0 Å². The standard InChI is InChI=1S/C15H13ClN2O2/c1-11-6-7-13(14(16)10-11)15(19)18-17-8-2-4-12-5-3-9-20-12/h2-10H,1H3,(H,18,19). The van der Waals surface area contributed by atoms with Crippen molar-refractivity contribution in [2.24, 2.45) is 5.10 Å². The molecule has 5 heteroatoms. The second kappa shape index (κ2) is 6.73. The summed E-state index contributed by atoms with van der Waals surface area (Å²) in [5.41, 5.74) is 3.79. The molecule has 1 amide bonds. The molecule has 0 aliphatic carbocycles. The van der Waals surface area contributed by atoms with E-state index < -0.39 is 0 Å². The predicted molar refractivity (Wildman–Crippen MR) is 79.9 cm³/mol. The molecule has 4 nitrogen and oxygen atoms in total. The molecule has 1 aromatic carbocycles. The lowest BCUT2D eigenvalue weighted by atomic mass is 10.1. The summed E-state index contributed by atoms with van der Waals surface area (Å²) >= 11 is 5.99. The van der Waals surface area contributed by atoms with Gasteiger partial charge < -0.3 is 4.42 Å². The lowest BCUT2D eigenvalue weighted by Gasteiger charge is -2.02. The maximum Gasteiger partial charge on any atom is 0.272 e. The van der Waals surface area contributed by atoms with Gasteiger partial charge in [0.25, 0.3) is 5.91 Å². The molecule has 0 atom stereocenters. The first-order valence-electron chi connectivity index (χ1n) is 5.96. The van der Waals surface area contributed by atoms with Gasteiger partial charge in [-0.3, -0.25) is 4.79 Å². The summed E-state index contributed by atoms with van der Waals surface area (Å²) in [6.45, 7) is 1.91. The van der Waals surface area contributed by atoms with E-state index >= 15 is 0 Å². The van der Waals surface area contributed by atoms with Crippen LogP contribution in [0.4, 0.5) is 0 Å². The molecule has 0 saturated carbocycles. The number of benzene rings is 1. The van der Waals surface area contributed by atoms with E-state index in [2.05, 4.69) is 10.5 Å². The van der Waals surface area contributed by atoms with E-state index in [1.54, 1.807) is 36.6 Å². The number of hydrogen-bond donors (Lipinski definition) is 1. The molecule has 2 rings (SSSR count). The number of carbonyl (C=O) groups excluding carboxylic acids is 1. The second-order valence-corrected chi connectivity index (χ2v) is 4.48. The van der Waals surface area contributed by atoms with Crippen LogP contribution in [0.1, 0.15) is 21.7 Å². The number of aryl methyl sites for hydroxylation is 1. The minimum Gasteiger partial charge on any atom is -0.465 e. The van der Waals surface area contributed by atoms with Crippen LogP contribution in [0.15, 0.2) is 52.2 Å². The minimum absolute atomic E-state index is 0.349. The Morgan fingerprint density at radius 3 is 2.95 bits per heavy atom. The highest BCUT2D eigenvalue weighted by Crippen LogP contribution is 2.17. The van der Waals surface area contributed by atoms with Gasteiger partial charge in [-0.25, -0.2) is 5.43 Å².